The first-order valence-electron chi connectivity index (χ1n) is 5.68. The van der Waals surface area contributed by atoms with Gasteiger partial charge in [0, 0.05) is 30.3 Å². The van der Waals surface area contributed by atoms with Gasteiger partial charge in [0.25, 0.3) is 0 Å². The molecule has 0 aliphatic heterocycles. The molecule has 0 aliphatic rings. The van der Waals surface area contributed by atoms with Gasteiger partial charge in [0.1, 0.15) is 10.6 Å². The van der Waals surface area contributed by atoms with Gasteiger partial charge in [-0.05, 0) is 13.0 Å². The highest BCUT2D eigenvalue weighted by atomic mass is 32.2. The number of aromatic nitrogens is 2. The minimum Gasteiger partial charge on any atom is -0.494 e. The summed E-state index contributed by atoms with van der Waals surface area (Å²) in [5, 5.41) is 4.02. The van der Waals surface area contributed by atoms with Crippen LogP contribution in [0.15, 0.2) is 35.5 Å². The first kappa shape index (κ1) is 13.4. The minimum atomic E-state index is -3.27. The summed E-state index contributed by atoms with van der Waals surface area (Å²) in [7, 11) is -3.27. The molecule has 0 bridgehead atoms. The molecule has 7 heteroatoms. The van der Waals surface area contributed by atoms with E-state index in [1.54, 1.807) is 18.2 Å². The maximum atomic E-state index is 11.4. The van der Waals surface area contributed by atoms with Crippen LogP contribution in [0.1, 0.15) is 6.92 Å². The molecule has 1 aromatic heterocycles. The molecular formula is C12H15N3O3S. The maximum absolute atomic E-state index is 11.4. The van der Waals surface area contributed by atoms with E-state index in [-0.39, 0.29) is 4.90 Å². The second-order valence-corrected chi connectivity index (χ2v) is 6.10. The lowest BCUT2D eigenvalue weighted by atomic mass is 10.2. The summed E-state index contributed by atoms with van der Waals surface area (Å²) in [5.74, 6) is 0.619. The molecule has 0 fully saturated rings. The molecule has 1 aromatic carbocycles. The minimum absolute atomic E-state index is 0.160. The SMILES string of the molecule is CCOc1cc(N)cc(-n2cc(S(C)(=O)=O)cn2)c1. The quantitative estimate of drug-likeness (QED) is 0.852. The van der Waals surface area contributed by atoms with E-state index in [2.05, 4.69) is 5.10 Å². The van der Waals surface area contributed by atoms with E-state index >= 15 is 0 Å². The molecule has 1 heterocycles. The van der Waals surface area contributed by atoms with Crippen LogP contribution in [0.3, 0.4) is 0 Å². The van der Waals surface area contributed by atoms with Crippen molar-refractivity contribution >= 4 is 15.5 Å². The zero-order valence-electron chi connectivity index (χ0n) is 10.7. The summed E-state index contributed by atoms with van der Waals surface area (Å²) in [5.41, 5.74) is 6.96. The Morgan fingerprint density at radius 3 is 2.68 bits per heavy atom. The lowest BCUT2D eigenvalue weighted by Gasteiger charge is -2.08. The van der Waals surface area contributed by atoms with Crippen LogP contribution in [0.5, 0.6) is 5.75 Å². The Labute approximate surface area is 111 Å². The van der Waals surface area contributed by atoms with Gasteiger partial charge in [0.2, 0.25) is 0 Å². The van der Waals surface area contributed by atoms with Crippen LogP contribution in [0, 0.1) is 0 Å². The second-order valence-electron chi connectivity index (χ2n) is 4.09. The van der Waals surface area contributed by atoms with E-state index in [0.717, 1.165) is 6.26 Å². The summed E-state index contributed by atoms with van der Waals surface area (Å²) >= 11 is 0. The van der Waals surface area contributed by atoms with Crippen molar-refractivity contribution in [3.63, 3.8) is 0 Å². The molecule has 0 saturated carbocycles. The van der Waals surface area contributed by atoms with Crippen LogP contribution in [-0.2, 0) is 9.84 Å². The lowest BCUT2D eigenvalue weighted by molar-refractivity contribution is 0.340. The number of benzene rings is 1. The van der Waals surface area contributed by atoms with Gasteiger partial charge in [0.15, 0.2) is 9.84 Å². The van der Waals surface area contributed by atoms with Crippen LogP contribution in [-0.4, -0.2) is 31.1 Å². The molecular weight excluding hydrogens is 266 g/mol. The van der Waals surface area contributed by atoms with Crippen LogP contribution < -0.4 is 10.5 Å². The number of ether oxygens (including phenoxy) is 1. The van der Waals surface area contributed by atoms with E-state index in [1.165, 1.54) is 17.1 Å². The average Bonchev–Trinajstić information content (AvgIpc) is 2.77. The molecule has 0 aliphatic carbocycles. The number of anilines is 1. The molecule has 2 N–H and O–H groups in total. The standard InChI is InChI=1S/C12H15N3O3S/c1-3-18-11-5-9(13)4-10(6-11)15-8-12(7-14-15)19(2,16)17/h4-8H,3,13H2,1-2H3. The molecule has 0 radical (unpaired) electrons. The number of nitrogen functional groups attached to an aromatic ring is 1. The van der Waals surface area contributed by atoms with Gasteiger partial charge in [-0.15, -0.1) is 0 Å². The molecule has 2 aromatic rings. The van der Waals surface area contributed by atoms with Crippen LogP contribution >= 0.6 is 0 Å². The third-order valence-corrected chi connectivity index (χ3v) is 3.54. The van der Waals surface area contributed by atoms with Crippen molar-refractivity contribution in [2.24, 2.45) is 0 Å². The van der Waals surface area contributed by atoms with E-state index in [0.29, 0.717) is 23.7 Å². The Morgan fingerprint density at radius 1 is 1.37 bits per heavy atom. The third-order valence-electron chi connectivity index (χ3n) is 2.48. The van der Waals surface area contributed by atoms with Crippen molar-refractivity contribution in [2.75, 3.05) is 18.6 Å². The number of sulfone groups is 1. The number of hydrogen-bond donors (Lipinski definition) is 1. The average molecular weight is 281 g/mol. The highest BCUT2D eigenvalue weighted by Crippen LogP contribution is 2.22. The van der Waals surface area contributed by atoms with E-state index < -0.39 is 9.84 Å². The molecule has 0 saturated heterocycles. The highest BCUT2D eigenvalue weighted by molar-refractivity contribution is 7.90. The smallest absolute Gasteiger partial charge is 0.178 e. The summed E-state index contributed by atoms with van der Waals surface area (Å²) in [6.07, 6.45) is 3.89. The van der Waals surface area contributed by atoms with Crippen LogP contribution in [0.4, 0.5) is 5.69 Å². The second kappa shape index (κ2) is 4.93. The van der Waals surface area contributed by atoms with Gasteiger partial charge in [-0.2, -0.15) is 5.10 Å². The monoisotopic (exact) mass is 281 g/mol. The Balaban J connectivity index is 2.44. The van der Waals surface area contributed by atoms with Gasteiger partial charge in [0.05, 0.1) is 18.5 Å². The van der Waals surface area contributed by atoms with Gasteiger partial charge in [-0.1, -0.05) is 0 Å². The maximum Gasteiger partial charge on any atom is 0.178 e. The fraction of sp³-hybridized carbons (Fsp3) is 0.250. The largest absolute Gasteiger partial charge is 0.494 e. The van der Waals surface area contributed by atoms with Gasteiger partial charge in [-0.3, -0.25) is 0 Å². The summed E-state index contributed by atoms with van der Waals surface area (Å²) < 4.78 is 29.7. The molecule has 0 amide bonds. The Kier molecular flexibility index (Phi) is 3.48. The van der Waals surface area contributed by atoms with Gasteiger partial charge >= 0.3 is 0 Å². The zero-order valence-corrected chi connectivity index (χ0v) is 11.5. The van der Waals surface area contributed by atoms with Crippen LogP contribution in [0.25, 0.3) is 5.69 Å². The molecule has 2 rings (SSSR count). The number of hydrogen-bond acceptors (Lipinski definition) is 5. The Morgan fingerprint density at radius 2 is 2.11 bits per heavy atom. The predicted octanol–water partition coefficient (Wildman–Crippen LogP) is 1.26. The molecule has 6 nitrogen and oxygen atoms in total. The Hall–Kier alpha value is -2.02. The summed E-state index contributed by atoms with van der Waals surface area (Å²) in [6.45, 7) is 2.40. The van der Waals surface area contributed by atoms with Gasteiger partial charge in [-0.25, -0.2) is 13.1 Å². The number of rotatable bonds is 4. The topological polar surface area (TPSA) is 87.2 Å². The van der Waals surface area contributed by atoms with E-state index in [4.69, 9.17) is 10.5 Å². The summed E-state index contributed by atoms with van der Waals surface area (Å²) in [4.78, 5) is 0.160. The van der Waals surface area contributed by atoms with E-state index in [1.807, 2.05) is 6.92 Å². The normalized spacial score (nSPS) is 11.5. The van der Waals surface area contributed by atoms with Crippen molar-refractivity contribution < 1.29 is 13.2 Å². The van der Waals surface area contributed by atoms with Gasteiger partial charge < -0.3 is 10.5 Å². The zero-order chi connectivity index (χ0) is 14.0. The number of nitrogens with zero attached hydrogens (tertiary/aromatic N) is 2. The molecule has 0 spiro atoms. The van der Waals surface area contributed by atoms with Crippen molar-refractivity contribution in [2.45, 2.75) is 11.8 Å². The summed E-state index contributed by atoms with van der Waals surface area (Å²) in [6, 6.07) is 5.15. The highest BCUT2D eigenvalue weighted by Gasteiger charge is 2.11. The molecule has 0 atom stereocenters. The first-order chi connectivity index (χ1) is 8.90. The van der Waals surface area contributed by atoms with Crippen LogP contribution in [0.2, 0.25) is 0 Å². The molecule has 102 valence electrons. The molecule has 0 unspecified atom stereocenters. The molecule has 19 heavy (non-hydrogen) atoms. The third kappa shape index (κ3) is 3.05. The fourth-order valence-corrected chi connectivity index (χ4v) is 2.16. The lowest BCUT2D eigenvalue weighted by Crippen LogP contribution is -1.99. The van der Waals surface area contributed by atoms with Crippen molar-refractivity contribution in [1.29, 1.82) is 0 Å². The predicted molar refractivity (Wildman–Crippen MR) is 72.3 cm³/mol. The van der Waals surface area contributed by atoms with Crippen molar-refractivity contribution in [3.05, 3.63) is 30.6 Å². The van der Waals surface area contributed by atoms with E-state index in [9.17, 15) is 8.42 Å². The first-order valence-corrected chi connectivity index (χ1v) is 7.58. The van der Waals surface area contributed by atoms with Crippen molar-refractivity contribution in [3.8, 4) is 11.4 Å². The Bertz CT molecular complexity index is 692. The van der Waals surface area contributed by atoms with Crippen molar-refractivity contribution in [1.82, 2.24) is 9.78 Å². The fourth-order valence-electron chi connectivity index (χ4n) is 1.63. The number of nitrogens with two attached hydrogens (primary N) is 1.